The van der Waals surface area contributed by atoms with Gasteiger partial charge in [0, 0.05) is 36.1 Å². The van der Waals surface area contributed by atoms with E-state index in [1.54, 1.807) is 18.2 Å². The van der Waals surface area contributed by atoms with E-state index in [9.17, 15) is 20.1 Å². The number of aliphatic hydroxyl groups is 2. The first-order valence-corrected chi connectivity index (χ1v) is 11.6. The predicted octanol–water partition coefficient (Wildman–Crippen LogP) is 3.46. The van der Waals surface area contributed by atoms with E-state index in [-0.39, 0.29) is 24.3 Å². The van der Waals surface area contributed by atoms with Crippen molar-refractivity contribution < 1.29 is 20.1 Å². The number of anilines is 2. The second kappa shape index (κ2) is 9.46. The number of piperidine rings is 1. The number of hydrogen-bond donors (Lipinski definition) is 5. The molecule has 1 aliphatic carbocycles. The number of aliphatic hydroxyl groups excluding tert-OH is 2. The van der Waals surface area contributed by atoms with Crippen LogP contribution in [0.4, 0.5) is 11.4 Å². The van der Waals surface area contributed by atoms with Crippen LogP contribution in [-0.4, -0.2) is 51.8 Å². The fraction of sp³-hybridized carbons (Fsp3) is 0.296. The number of rotatable bonds is 6. The third-order valence-electron chi connectivity index (χ3n) is 6.75. The number of nitrogens with one attached hydrogen (secondary N) is 2. The molecule has 1 atom stereocenters. The van der Waals surface area contributed by atoms with Crippen LogP contribution >= 0.6 is 0 Å². The van der Waals surface area contributed by atoms with Gasteiger partial charge >= 0.3 is 0 Å². The third kappa shape index (κ3) is 4.50. The molecule has 0 saturated carbocycles. The lowest BCUT2D eigenvalue weighted by molar-refractivity contribution is -0.117. The standard InChI is InChI=1S/C27H29N3O4/c31-16-17-13-20(32)6-8-25(17)28-18-9-11-30(12-10-18)15-26(33)29-19-5-7-23-24(14-19)21-3-1-2-4-22(21)27(23)34/h1-8,13-14,18,27-28,31-32,34H,9-12,15-16H2,(H,29,33). The smallest absolute Gasteiger partial charge is 0.238 e. The molecular weight excluding hydrogens is 430 g/mol. The minimum atomic E-state index is -0.624. The second-order valence-corrected chi connectivity index (χ2v) is 9.03. The van der Waals surface area contributed by atoms with Crippen LogP contribution in [0.1, 0.15) is 35.6 Å². The average molecular weight is 460 g/mol. The number of hydrogen-bond acceptors (Lipinski definition) is 6. The van der Waals surface area contributed by atoms with E-state index in [2.05, 4.69) is 15.5 Å². The summed E-state index contributed by atoms with van der Waals surface area (Å²) < 4.78 is 0. The molecule has 7 heteroatoms. The van der Waals surface area contributed by atoms with Crippen LogP contribution in [0.3, 0.4) is 0 Å². The number of fused-ring (bicyclic) bond motifs is 3. The van der Waals surface area contributed by atoms with Crippen molar-refractivity contribution in [2.24, 2.45) is 0 Å². The highest BCUT2D eigenvalue weighted by Crippen LogP contribution is 2.44. The maximum absolute atomic E-state index is 12.7. The molecule has 0 radical (unpaired) electrons. The molecule has 7 nitrogen and oxygen atoms in total. The minimum absolute atomic E-state index is 0.0562. The van der Waals surface area contributed by atoms with Crippen LogP contribution in [0.15, 0.2) is 60.7 Å². The maximum atomic E-state index is 12.7. The number of phenols is 1. The molecule has 5 rings (SSSR count). The number of nitrogens with zero attached hydrogens (tertiary/aromatic N) is 1. The van der Waals surface area contributed by atoms with Crippen molar-refractivity contribution in [1.29, 1.82) is 0 Å². The van der Waals surface area contributed by atoms with Crippen molar-refractivity contribution in [1.82, 2.24) is 4.90 Å². The molecule has 5 N–H and O–H groups in total. The molecule has 0 bridgehead atoms. The highest BCUT2D eigenvalue weighted by Gasteiger charge is 2.27. The summed E-state index contributed by atoms with van der Waals surface area (Å²) in [5.74, 6) is 0.0819. The normalized spacial score (nSPS) is 17.8. The van der Waals surface area contributed by atoms with Gasteiger partial charge in [-0.1, -0.05) is 30.3 Å². The monoisotopic (exact) mass is 459 g/mol. The Morgan fingerprint density at radius 3 is 2.53 bits per heavy atom. The Kier molecular flexibility index (Phi) is 6.24. The number of aromatic hydroxyl groups is 1. The van der Waals surface area contributed by atoms with E-state index < -0.39 is 6.10 Å². The Morgan fingerprint density at radius 2 is 1.74 bits per heavy atom. The van der Waals surface area contributed by atoms with Gasteiger partial charge in [0.05, 0.1) is 13.2 Å². The van der Waals surface area contributed by atoms with Crippen LogP contribution in [0.25, 0.3) is 11.1 Å². The number of carbonyl (C=O) groups is 1. The second-order valence-electron chi connectivity index (χ2n) is 9.03. The van der Waals surface area contributed by atoms with E-state index >= 15 is 0 Å². The van der Waals surface area contributed by atoms with Crippen LogP contribution in [0.2, 0.25) is 0 Å². The molecule has 3 aromatic rings. The summed E-state index contributed by atoms with van der Waals surface area (Å²) in [5.41, 5.74) is 5.97. The van der Waals surface area contributed by atoms with Crippen LogP contribution in [-0.2, 0) is 11.4 Å². The zero-order chi connectivity index (χ0) is 23.7. The van der Waals surface area contributed by atoms with Crippen LogP contribution in [0.5, 0.6) is 5.75 Å². The van der Waals surface area contributed by atoms with Crippen LogP contribution in [0, 0.1) is 0 Å². The van der Waals surface area contributed by atoms with Gasteiger partial charge in [0.2, 0.25) is 5.91 Å². The van der Waals surface area contributed by atoms with E-state index in [4.69, 9.17) is 0 Å². The maximum Gasteiger partial charge on any atom is 0.238 e. The average Bonchev–Trinajstić information content (AvgIpc) is 3.13. The highest BCUT2D eigenvalue weighted by atomic mass is 16.3. The minimum Gasteiger partial charge on any atom is -0.508 e. The predicted molar refractivity (Wildman–Crippen MR) is 132 cm³/mol. The molecule has 2 aliphatic rings. The van der Waals surface area contributed by atoms with E-state index in [1.807, 2.05) is 42.5 Å². The number of carbonyl (C=O) groups excluding carboxylic acids is 1. The molecule has 0 spiro atoms. The third-order valence-corrected chi connectivity index (χ3v) is 6.75. The summed E-state index contributed by atoms with van der Waals surface area (Å²) >= 11 is 0. The Hall–Kier alpha value is -3.39. The molecule has 1 amide bonds. The zero-order valence-corrected chi connectivity index (χ0v) is 18.9. The van der Waals surface area contributed by atoms with Gasteiger partial charge in [-0.3, -0.25) is 9.69 Å². The van der Waals surface area contributed by atoms with Gasteiger partial charge in [0.25, 0.3) is 0 Å². The first kappa shape index (κ1) is 22.4. The molecule has 1 unspecified atom stereocenters. The summed E-state index contributed by atoms with van der Waals surface area (Å²) in [6.45, 7) is 1.77. The Labute approximate surface area is 198 Å². The van der Waals surface area contributed by atoms with E-state index in [0.29, 0.717) is 12.1 Å². The number of amides is 1. The summed E-state index contributed by atoms with van der Waals surface area (Å²) in [6.07, 6.45) is 1.14. The molecule has 34 heavy (non-hydrogen) atoms. The van der Waals surface area contributed by atoms with Crippen molar-refractivity contribution in [3.8, 4) is 16.9 Å². The van der Waals surface area contributed by atoms with E-state index in [0.717, 1.165) is 59.6 Å². The van der Waals surface area contributed by atoms with Gasteiger partial charge in [0.15, 0.2) is 0 Å². The van der Waals surface area contributed by atoms with Gasteiger partial charge in [-0.15, -0.1) is 0 Å². The topological polar surface area (TPSA) is 105 Å². The number of phenolic OH excluding ortho intramolecular Hbond substituents is 1. The Bertz CT molecular complexity index is 1200. The lowest BCUT2D eigenvalue weighted by atomic mass is 10.0. The molecule has 1 heterocycles. The molecule has 1 saturated heterocycles. The molecule has 1 aliphatic heterocycles. The first-order valence-electron chi connectivity index (χ1n) is 11.6. The lowest BCUT2D eigenvalue weighted by Gasteiger charge is -2.32. The van der Waals surface area contributed by atoms with Gasteiger partial charge in [0.1, 0.15) is 11.9 Å². The number of likely N-dealkylation sites (tertiary alicyclic amines) is 1. The van der Waals surface area contributed by atoms with Gasteiger partial charge in [-0.25, -0.2) is 0 Å². The van der Waals surface area contributed by atoms with Crippen molar-refractivity contribution >= 4 is 17.3 Å². The number of benzene rings is 3. The highest BCUT2D eigenvalue weighted by molar-refractivity contribution is 5.93. The summed E-state index contributed by atoms with van der Waals surface area (Å²) in [6, 6.07) is 18.7. The van der Waals surface area contributed by atoms with Crippen molar-refractivity contribution in [2.45, 2.75) is 31.6 Å². The Morgan fingerprint density at radius 1 is 0.971 bits per heavy atom. The van der Waals surface area contributed by atoms with Crippen molar-refractivity contribution in [3.63, 3.8) is 0 Å². The van der Waals surface area contributed by atoms with Crippen molar-refractivity contribution in [3.05, 3.63) is 77.4 Å². The summed E-state index contributed by atoms with van der Waals surface area (Å²) in [5, 5.41) is 36.2. The lowest BCUT2D eigenvalue weighted by Crippen LogP contribution is -2.42. The van der Waals surface area contributed by atoms with Crippen molar-refractivity contribution in [2.75, 3.05) is 30.3 Å². The molecule has 3 aromatic carbocycles. The fourth-order valence-electron chi connectivity index (χ4n) is 4.96. The van der Waals surface area contributed by atoms with Gasteiger partial charge in [-0.05, 0) is 65.4 Å². The van der Waals surface area contributed by atoms with E-state index in [1.165, 1.54) is 0 Å². The summed E-state index contributed by atoms with van der Waals surface area (Å²) in [4.78, 5) is 14.9. The first-order chi connectivity index (χ1) is 16.5. The molecule has 1 fully saturated rings. The SMILES string of the molecule is O=C(CN1CCC(Nc2ccc(O)cc2CO)CC1)Nc1ccc2c(c1)-c1ccccc1C2O. The fourth-order valence-corrected chi connectivity index (χ4v) is 4.96. The molecular formula is C27H29N3O4. The quantitative estimate of drug-likeness (QED) is 0.362. The molecule has 0 aromatic heterocycles. The molecule has 176 valence electrons. The largest absolute Gasteiger partial charge is 0.508 e. The zero-order valence-electron chi connectivity index (χ0n) is 18.9. The van der Waals surface area contributed by atoms with Gasteiger partial charge < -0.3 is 26.0 Å². The van der Waals surface area contributed by atoms with Crippen LogP contribution < -0.4 is 10.6 Å². The Balaban J connectivity index is 1.15. The summed E-state index contributed by atoms with van der Waals surface area (Å²) in [7, 11) is 0. The van der Waals surface area contributed by atoms with Gasteiger partial charge in [-0.2, -0.15) is 0 Å².